The SMILES string of the molecule is Cc1cc[n+](CCCN2CCOCC2)cc1.[Br-]. The van der Waals surface area contributed by atoms with Crippen molar-refractivity contribution in [1.82, 2.24) is 4.90 Å². The molecule has 0 N–H and O–H groups in total. The molecule has 0 spiro atoms. The fourth-order valence-corrected chi connectivity index (χ4v) is 1.98. The Labute approximate surface area is 114 Å². The summed E-state index contributed by atoms with van der Waals surface area (Å²) in [7, 11) is 0. The van der Waals surface area contributed by atoms with Gasteiger partial charge in [-0.15, -0.1) is 0 Å². The first-order chi connectivity index (χ1) is 7.84. The van der Waals surface area contributed by atoms with Gasteiger partial charge < -0.3 is 21.7 Å². The van der Waals surface area contributed by atoms with Crippen LogP contribution < -0.4 is 21.5 Å². The van der Waals surface area contributed by atoms with Crippen molar-refractivity contribution in [3.63, 3.8) is 0 Å². The maximum absolute atomic E-state index is 5.33. The van der Waals surface area contributed by atoms with Crippen molar-refractivity contribution < 1.29 is 26.3 Å². The predicted octanol–water partition coefficient (Wildman–Crippen LogP) is -1.99. The van der Waals surface area contributed by atoms with Crippen molar-refractivity contribution in [2.24, 2.45) is 0 Å². The minimum absolute atomic E-state index is 0. The third-order valence-electron chi connectivity index (χ3n) is 3.05. The second kappa shape index (κ2) is 7.80. The Morgan fingerprint density at radius 1 is 1.24 bits per heavy atom. The summed E-state index contributed by atoms with van der Waals surface area (Å²) in [6.45, 7) is 8.41. The van der Waals surface area contributed by atoms with E-state index in [2.05, 4.69) is 40.9 Å². The average Bonchev–Trinajstić information content (AvgIpc) is 2.33. The van der Waals surface area contributed by atoms with E-state index in [1.54, 1.807) is 0 Å². The van der Waals surface area contributed by atoms with E-state index in [-0.39, 0.29) is 17.0 Å². The van der Waals surface area contributed by atoms with Crippen LogP contribution in [-0.4, -0.2) is 37.7 Å². The van der Waals surface area contributed by atoms with E-state index in [1.807, 2.05) is 0 Å². The Bertz CT molecular complexity index is 310. The lowest BCUT2D eigenvalue weighted by molar-refractivity contribution is -0.697. The summed E-state index contributed by atoms with van der Waals surface area (Å²) >= 11 is 0. The van der Waals surface area contributed by atoms with E-state index in [9.17, 15) is 0 Å². The lowest BCUT2D eigenvalue weighted by Gasteiger charge is -2.25. The molecule has 0 bridgehead atoms. The standard InChI is InChI=1S/C13H21N2O.BrH/c1-13-3-7-14(8-4-13)5-2-6-15-9-11-16-12-10-15;/h3-4,7-8H,2,5-6,9-12H2,1H3;1H/q+1;/p-1. The van der Waals surface area contributed by atoms with Crippen LogP contribution in [-0.2, 0) is 11.3 Å². The number of rotatable bonds is 4. The van der Waals surface area contributed by atoms with E-state index in [1.165, 1.54) is 18.5 Å². The van der Waals surface area contributed by atoms with Gasteiger partial charge >= 0.3 is 0 Å². The molecule has 0 amide bonds. The molecule has 0 atom stereocenters. The molecule has 0 aliphatic carbocycles. The molecule has 2 rings (SSSR count). The summed E-state index contributed by atoms with van der Waals surface area (Å²) in [5.74, 6) is 0. The topological polar surface area (TPSA) is 16.4 Å². The number of pyridine rings is 1. The average molecular weight is 301 g/mol. The van der Waals surface area contributed by atoms with Gasteiger partial charge in [0.05, 0.1) is 13.2 Å². The summed E-state index contributed by atoms with van der Waals surface area (Å²) in [4.78, 5) is 2.48. The van der Waals surface area contributed by atoms with Crippen LogP contribution in [0, 0.1) is 6.92 Å². The maximum Gasteiger partial charge on any atom is 0.169 e. The molecule has 17 heavy (non-hydrogen) atoms. The minimum Gasteiger partial charge on any atom is -1.00 e. The molecule has 1 fully saturated rings. The zero-order valence-electron chi connectivity index (χ0n) is 10.4. The van der Waals surface area contributed by atoms with Crippen molar-refractivity contribution in [3.05, 3.63) is 30.1 Å². The summed E-state index contributed by atoms with van der Waals surface area (Å²) in [6.07, 6.45) is 5.54. The maximum atomic E-state index is 5.33. The second-order valence-electron chi connectivity index (χ2n) is 4.42. The van der Waals surface area contributed by atoms with Crippen LogP contribution in [0.2, 0.25) is 0 Å². The number of aromatic nitrogens is 1. The number of halogens is 1. The third kappa shape index (κ3) is 5.15. The number of morpholine rings is 1. The van der Waals surface area contributed by atoms with E-state index in [4.69, 9.17) is 4.74 Å². The van der Waals surface area contributed by atoms with Gasteiger partial charge in [0.15, 0.2) is 12.4 Å². The van der Waals surface area contributed by atoms with Crippen LogP contribution in [0.1, 0.15) is 12.0 Å². The monoisotopic (exact) mass is 300 g/mol. The lowest BCUT2D eigenvalue weighted by atomic mass is 10.3. The van der Waals surface area contributed by atoms with E-state index in [0.29, 0.717) is 0 Å². The van der Waals surface area contributed by atoms with Crippen LogP contribution in [0.5, 0.6) is 0 Å². The van der Waals surface area contributed by atoms with Gasteiger partial charge in [0.25, 0.3) is 0 Å². The molecule has 3 nitrogen and oxygen atoms in total. The zero-order chi connectivity index (χ0) is 11.2. The second-order valence-corrected chi connectivity index (χ2v) is 4.42. The Kier molecular flexibility index (Phi) is 6.70. The van der Waals surface area contributed by atoms with Gasteiger partial charge in [-0.25, -0.2) is 4.57 Å². The van der Waals surface area contributed by atoms with Gasteiger partial charge in [0.2, 0.25) is 0 Å². The number of ether oxygens (including phenoxy) is 1. The molecular weight excluding hydrogens is 280 g/mol. The minimum atomic E-state index is 0. The molecule has 96 valence electrons. The highest BCUT2D eigenvalue weighted by atomic mass is 79.9. The fraction of sp³-hybridized carbons (Fsp3) is 0.615. The van der Waals surface area contributed by atoms with E-state index < -0.39 is 0 Å². The smallest absolute Gasteiger partial charge is 0.169 e. The Hall–Kier alpha value is -0.450. The van der Waals surface area contributed by atoms with Gasteiger partial charge in [-0.3, -0.25) is 4.90 Å². The molecule has 2 heterocycles. The van der Waals surface area contributed by atoms with Crippen LogP contribution in [0.4, 0.5) is 0 Å². The molecule has 1 aliphatic rings. The number of aryl methyl sites for hydroxylation is 2. The molecular formula is C13H21BrN2O. The van der Waals surface area contributed by atoms with Crippen LogP contribution in [0.15, 0.2) is 24.5 Å². The highest BCUT2D eigenvalue weighted by molar-refractivity contribution is 5.03. The van der Waals surface area contributed by atoms with Crippen LogP contribution in [0.3, 0.4) is 0 Å². The molecule has 0 saturated carbocycles. The third-order valence-corrected chi connectivity index (χ3v) is 3.05. The Morgan fingerprint density at radius 3 is 2.53 bits per heavy atom. The summed E-state index contributed by atoms with van der Waals surface area (Å²) in [5, 5.41) is 0. The predicted molar refractivity (Wildman–Crippen MR) is 63.3 cm³/mol. The van der Waals surface area contributed by atoms with Gasteiger partial charge in [-0.05, 0) is 12.5 Å². The molecule has 1 aliphatic heterocycles. The van der Waals surface area contributed by atoms with Gasteiger partial charge in [-0.2, -0.15) is 0 Å². The van der Waals surface area contributed by atoms with Crippen molar-refractivity contribution in [3.8, 4) is 0 Å². The highest BCUT2D eigenvalue weighted by Gasteiger charge is 2.10. The first-order valence-electron chi connectivity index (χ1n) is 6.10. The van der Waals surface area contributed by atoms with E-state index in [0.717, 1.165) is 32.8 Å². The molecule has 1 aromatic heterocycles. The molecule has 1 saturated heterocycles. The summed E-state index contributed by atoms with van der Waals surface area (Å²) in [6, 6.07) is 4.32. The summed E-state index contributed by atoms with van der Waals surface area (Å²) < 4.78 is 7.59. The largest absolute Gasteiger partial charge is 1.00 e. The first-order valence-corrected chi connectivity index (χ1v) is 6.10. The number of hydrogen-bond acceptors (Lipinski definition) is 2. The quantitative estimate of drug-likeness (QED) is 0.599. The van der Waals surface area contributed by atoms with Crippen LogP contribution in [0.25, 0.3) is 0 Å². The Balaban J connectivity index is 0.00000144. The first kappa shape index (κ1) is 14.6. The van der Waals surface area contributed by atoms with Crippen molar-refractivity contribution in [2.45, 2.75) is 19.9 Å². The molecule has 0 aromatic carbocycles. The van der Waals surface area contributed by atoms with Crippen LogP contribution >= 0.6 is 0 Å². The van der Waals surface area contributed by atoms with Crippen molar-refractivity contribution >= 4 is 0 Å². The molecule has 0 unspecified atom stereocenters. The number of hydrogen-bond donors (Lipinski definition) is 0. The van der Waals surface area contributed by atoms with Gasteiger partial charge in [-0.1, -0.05) is 0 Å². The lowest BCUT2D eigenvalue weighted by Crippen LogP contribution is -3.00. The molecule has 4 heteroatoms. The van der Waals surface area contributed by atoms with Gasteiger partial charge in [0.1, 0.15) is 6.54 Å². The molecule has 0 radical (unpaired) electrons. The van der Waals surface area contributed by atoms with Crippen molar-refractivity contribution in [2.75, 3.05) is 32.8 Å². The molecule has 1 aromatic rings. The fourth-order valence-electron chi connectivity index (χ4n) is 1.98. The highest BCUT2D eigenvalue weighted by Crippen LogP contribution is 1.98. The van der Waals surface area contributed by atoms with E-state index >= 15 is 0 Å². The Morgan fingerprint density at radius 2 is 1.88 bits per heavy atom. The summed E-state index contributed by atoms with van der Waals surface area (Å²) in [5.41, 5.74) is 1.32. The van der Waals surface area contributed by atoms with Crippen molar-refractivity contribution in [1.29, 1.82) is 0 Å². The van der Waals surface area contributed by atoms with Gasteiger partial charge in [0, 0.05) is 38.2 Å². The zero-order valence-corrected chi connectivity index (χ0v) is 12.0. The number of nitrogens with zero attached hydrogens (tertiary/aromatic N) is 2. The normalized spacial score (nSPS) is 16.5.